The molecule has 1 aliphatic rings. The Balaban J connectivity index is 2.28. The van der Waals surface area contributed by atoms with Crippen molar-refractivity contribution in [2.24, 2.45) is 5.73 Å². The highest BCUT2D eigenvalue weighted by atomic mass is 19.4. The minimum absolute atomic E-state index is 0.133. The van der Waals surface area contributed by atoms with Crippen LogP contribution < -0.4 is 15.2 Å². The van der Waals surface area contributed by atoms with Crippen molar-refractivity contribution in [3.8, 4) is 17.7 Å². The summed E-state index contributed by atoms with van der Waals surface area (Å²) in [6.45, 7) is 2.06. The topological polar surface area (TPSA) is 96.9 Å². The molecule has 1 aromatic carbocycles. The van der Waals surface area contributed by atoms with Gasteiger partial charge in [-0.05, 0) is 13.0 Å². The van der Waals surface area contributed by atoms with E-state index in [0.717, 1.165) is 0 Å². The lowest BCUT2D eigenvalue weighted by molar-refractivity contribution is -0.141. The second-order valence-electron chi connectivity index (χ2n) is 5.21. The second-order valence-corrected chi connectivity index (χ2v) is 5.21. The Hall–Kier alpha value is -3.15. The van der Waals surface area contributed by atoms with Crippen molar-refractivity contribution in [1.29, 1.82) is 5.26 Å². The lowest BCUT2D eigenvalue weighted by atomic mass is 9.83. The van der Waals surface area contributed by atoms with Crippen LogP contribution in [0.3, 0.4) is 0 Å². The van der Waals surface area contributed by atoms with Crippen LogP contribution in [-0.2, 0) is 6.18 Å². The summed E-state index contributed by atoms with van der Waals surface area (Å²) in [5.41, 5.74) is 4.60. The van der Waals surface area contributed by atoms with E-state index < -0.39 is 17.8 Å². The van der Waals surface area contributed by atoms with Gasteiger partial charge in [0.1, 0.15) is 23.1 Å². The van der Waals surface area contributed by atoms with Gasteiger partial charge in [0.15, 0.2) is 0 Å². The molecule has 1 unspecified atom stereocenters. The molecular formula is C16H13F3N4O2. The maximum atomic E-state index is 13.4. The van der Waals surface area contributed by atoms with Gasteiger partial charge in [0.05, 0.1) is 18.1 Å². The molecule has 1 atom stereocenters. The van der Waals surface area contributed by atoms with Crippen molar-refractivity contribution in [2.45, 2.75) is 19.0 Å². The molecule has 1 aromatic heterocycles. The molecule has 3 N–H and O–H groups in total. The van der Waals surface area contributed by atoms with Gasteiger partial charge in [-0.25, -0.2) is 0 Å². The highest BCUT2D eigenvalue weighted by Gasteiger charge is 2.45. The lowest BCUT2D eigenvalue weighted by Crippen LogP contribution is -2.23. The summed E-state index contributed by atoms with van der Waals surface area (Å²) in [5, 5.41) is 15.0. The quantitative estimate of drug-likeness (QED) is 0.887. The van der Waals surface area contributed by atoms with Crippen LogP contribution in [0.2, 0.25) is 0 Å². The molecule has 2 aromatic rings. The second kappa shape index (κ2) is 6.05. The first-order valence-electron chi connectivity index (χ1n) is 7.33. The Morgan fingerprint density at radius 1 is 1.40 bits per heavy atom. The summed E-state index contributed by atoms with van der Waals surface area (Å²) in [6.07, 6.45) is -4.70. The minimum Gasteiger partial charge on any atom is -0.494 e. The number of para-hydroxylation sites is 1. The molecule has 6 nitrogen and oxygen atoms in total. The number of hydrogen-bond acceptors (Lipinski definition) is 5. The molecule has 0 amide bonds. The number of hydrogen-bond donors (Lipinski definition) is 2. The van der Waals surface area contributed by atoms with E-state index in [2.05, 4.69) is 5.10 Å². The van der Waals surface area contributed by atoms with Gasteiger partial charge in [0, 0.05) is 5.56 Å². The highest BCUT2D eigenvalue weighted by Crippen LogP contribution is 2.48. The first-order valence-corrected chi connectivity index (χ1v) is 7.33. The summed E-state index contributed by atoms with van der Waals surface area (Å²) >= 11 is 0. The molecule has 9 heteroatoms. The molecule has 130 valence electrons. The summed E-state index contributed by atoms with van der Waals surface area (Å²) in [4.78, 5) is 0. The van der Waals surface area contributed by atoms with E-state index in [1.54, 1.807) is 31.2 Å². The number of rotatable bonds is 3. The number of halogens is 3. The van der Waals surface area contributed by atoms with E-state index in [1.807, 2.05) is 11.2 Å². The fourth-order valence-corrected chi connectivity index (χ4v) is 2.78. The molecule has 0 fully saturated rings. The zero-order valence-electron chi connectivity index (χ0n) is 13.0. The highest BCUT2D eigenvalue weighted by molar-refractivity contribution is 5.58. The maximum Gasteiger partial charge on any atom is 0.433 e. The first-order chi connectivity index (χ1) is 11.9. The normalized spacial score (nSPS) is 16.8. The summed E-state index contributed by atoms with van der Waals surface area (Å²) in [5.74, 6) is -1.34. The standard InChI is InChI=1S/C16H13F3N4O2/c1-2-24-10-6-4-3-5-8(10)11-9(7-20)14(21)25-15-12(11)13(22-23-15)16(17,18)19/h3-6,11H,2,21H2,1H3,(H,22,23). The van der Waals surface area contributed by atoms with Gasteiger partial charge >= 0.3 is 6.18 Å². The molecule has 3 rings (SSSR count). The average Bonchev–Trinajstić information content (AvgIpc) is 2.98. The molecule has 0 spiro atoms. The van der Waals surface area contributed by atoms with Crippen molar-refractivity contribution < 1.29 is 22.6 Å². The van der Waals surface area contributed by atoms with Crippen LogP contribution in [0.5, 0.6) is 11.6 Å². The van der Waals surface area contributed by atoms with Crippen LogP contribution >= 0.6 is 0 Å². The van der Waals surface area contributed by atoms with Gasteiger partial charge in [-0.3, -0.25) is 5.10 Å². The van der Waals surface area contributed by atoms with E-state index in [1.165, 1.54) is 0 Å². The molecular weight excluding hydrogens is 337 g/mol. The SMILES string of the molecule is CCOc1ccccc1C1C(C#N)=C(N)Oc2n[nH]c(C(F)(F)F)c21. The first kappa shape index (κ1) is 16.7. The van der Waals surface area contributed by atoms with Crippen LogP contribution in [0.15, 0.2) is 35.7 Å². The molecule has 0 saturated carbocycles. The Labute approximate surface area is 140 Å². The van der Waals surface area contributed by atoms with Crippen molar-refractivity contribution in [2.75, 3.05) is 6.61 Å². The van der Waals surface area contributed by atoms with Crippen LogP contribution in [-0.4, -0.2) is 16.8 Å². The zero-order valence-corrected chi connectivity index (χ0v) is 13.0. The summed E-state index contributed by atoms with van der Waals surface area (Å²) in [7, 11) is 0. The largest absolute Gasteiger partial charge is 0.494 e. The van der Waals surface area contributed by atoms with E-state index in [0.29, 0.717) is 17.9 Å². The Kier molecular flexibility index (Phi) is 4.04. The van der Waals surface area contributed by atoms with Gasteiger partial charge in [-0.1, -0.05) is 18.2 Å². The number of nitriles is 1. The molecule has 25 heavy (non-hydrogen) atoms. The number of aromatic nitrogens is 2. The van der Waals surface area contributed by atoms with Crippen molar-refractivity contribution in [3.05, 3.63) is 52.5 Å². The van der Waals surface area contributed by atoms with Crippen LogP contribution in [0.25, 0.3) is 0 Å². The number of fused-ring (bicyclic) bond motifs is 1. The number of nitrogens with one attached hydrogen (secondary N) is 1. The number of H-pyrrole nitrogens is 1. The summed E-state index contributed by atoms with van der Waals surface area (Å²) < 4.78 is 50.8. The van der Waals surface area contributed by atoms with Gasteiger partial charge in [-0.2, -0.15) is 18.4 Å². The number of ether oxygens (including phenoxy) is 2. The fraction of sp³-hybridized carbons (Fsp3) is 0.250. The van der Waals surface area contributed by atoms with E-state index in [-0.39, 0.29) is 22.9 Å². The number of benzene rings is 1. The minimum atomic E-state index is -4.70. The van der Waals surface area contributed by atoms with Gasteiger partial charge < -0.3 is 15.2 Å². The molecule has 0 saturated heterocycles. The van der Waals surface area contributed by atoms with E-state index >= 15 is 0 Å². The van der Waals surface area contributed by atoms with Crippen LogP contribution in [0.4, 0.5) is 13.2 Å². The Morgan fingerprint density at radius 3 is 2.76 bits per heavy atom. The molecule has 0 bridgehead atoms. The molecule has 1 aliphatic heterocycles. The monoisotopic (exact) mass is 350 g/mol. The zero-order chi connectivity index (χ0) is 18.2. The maximum absolute atomic E-state index is 13.4. The van der Waals surface area contributed by atoms with Gasteiger partial charge in [-0.15, -0.1) is 5.10 Å². The average molecular weight is 350 g/mol. The summed E-state index contributed by atoms with van der Waals surface area (Å²) in [6, 6.07) is 8.38. The number of alkyl halides is 3. The predicted molar refractivity (Wildman–Crippen MR) is 80.5 cm³/mol. The Morgan fingerprint density at radius 2 is 2.12 bits per heavy atom. The van der Waals surface area contributed by atoms with E-state index in [9.17, 15) is 18.4 Å². The third-order valence-electron chi connectivity index (χ3n) is 3.75. The number of nitrogens with two attached hydrogens (primary N) is 1. The van der Waals surface area contributed by atoms with Crippen molar-refractivity contribution in [3.63, 3.8) is 0 Å². The molecule has 2 heterocycles. The lowest BCUT2D eigenvalue weighted by Gasteiger charge is -2.25. The molecule has 0 aliphatic carbocycles. The smallest absolute Gasteiger partial charge is 0.433 e. The van der Waals surface area contributed by atoms with Crippen molar-refractivity contribution >= 4 is 0 Å². The van der Waals surface area contributed by atoms with E-state index in [4.69, 9.17) is 15.2 Å². The number of allylic oxidation sites excluding steroid dienone is 1. The van der Waals surface area contributed by atoms with Crippen LogP contribution in [0.1, 0.15) is 29.7 Å². The molecule has 0 radical (unpaired) electrons. The van der Waals surface area contributed by atoms with Gasteiger partial charge in [0.2, 0.25) is 11.8 Å². The van der Waals surface area contributed by atoms with Crippen molar-refractivity contribution in [1.82, 2.24) is 10.2 Å². The fourth-order valence-electron chi connectivity index (χ4n) is 2.78. The Bertz CT molecular complexity index is 880. The van der Waals surface area contributed by atoms with Gasteiger partial charge in [0.25, 0.3) is 0 Å². The third kappa shape index (κ3) is 2.76. The number of nitrogens with zero attached hydrogens (tertiary/aromatic N) is 2. The number of aromatic amines is 1. The predicted octanol–water partition coefficient (Wildman–Crippen LogP) is 3.05. The van der Waals surface area contributed by atoms with Crippen LogP contribution in [0, 0.1) is 11.3 Å². The third-order valence-corrected chi connectivity index (χ3v) is 3.75.